The molecule has 2 atom stereocenters. The molecule has 0 heterocycles. The van der Waals surface area contributed by atoms with Crippen molar-refractivity contribution in [3.63, 3.8) is 0 Å². The number of aliphatic carboxylic acids is 1. The predicted molar refractivity (Wildman–Crippen MR) is 57.3 cm³/mol. The van der Waals surface area contributed by atoms with Crippen LogP contribution in [0.5, 0.6) is 0 Å². The van der Waals surface area contributed by atoms with E-state index in [9.17, 15) is 4.79 Å². The maximum absolute atomic E-state index is 10.3. The van der Waals surface area contributed by atoms with Gasteiger partial charge in [0.25, 0.3) is 0 Å². The van der Waals surface area contributed by atoms with Crippen LogP contribution >= 0.6 is 25.3 Å². The first-order chi connectivity index (χ1) is 5.54. The van der Waals surface area contributed by atoms with Crippen LogP contribution in [0.1, 0.15) is 32.6 Å². The van der Waals surface area contributed by atoms with Gasteiger partial charge in [0.2, 0.25) is 0 Å². The van der Waals surface area contributed by atoms with Crippen LogP contribution < -0.4 is 0 Å². The molecule has 2 unspecified atom stereocenters. The zero-order valence-electron chi connectivity index (χ0n) is 7.23. The first-order valence-corrected chi connectivity index (χ1v) is 5.16. The van der Waals surface area contributed by atoms with Gasteiger partial charge in [-0.15, -0.1) is 0 Å². The van der Waals surface area contributed by atoms with Gasteiger partial charge in [0, 0.05) is 0 Å². The van der Waals surface area contributed by atoms with E-state index in [1.807, 2.05) is 6.92 Å². The molecule has 2 nitrogen and oxygen atoms in total. The number of hydrogen-bond acceptors (Lipinski definition) is 3. The van der Waals surface area contributed by atoms with Crippen molar-refractivity contribution in [2.45, 2.75) is 43.1 Å². The minimum atomic E-state index is -0.822. The number of unbranched alkanes of at least 4 members (excludes halogenated alkanes) is 1. The summed E-state index contributed by atoms with van der Waals surface area (Å²) in [6.45, 7) is 2.04. The summed E-state index contributed by atoms with van der Waals surface area (Å²) in [6, 6.07) is 0. The van der Waals surface area contributed by atoms with Crippen molar-refractivity contribution in [1.82, 2.24) is 0 Å². The molecule has 0 aromatic heterocycles. The van der Waals surface area contributed by atoms with Crippen molar-refractivity contribution in [2.75, 3.05) is 0 Å². The number of carbonyl (C=O) groups is 1. The van der Waals surface area contributed by atoms with Crippen LogP contribution in [0.2, 0.25) is 0 Å². The normalized spacial score (nSPS) is 15.6. The summed E-state index contributed by atoms with van der Waals surface area (Å²) in [6.07, 6.45) is 3.66. The largest absolute Gasteiger partial charge is 0.480 e. The van der Waals surface area contributed by atoms with Crippen molar-refractivity contribution in [2.24, 2.45) is 0 Å². The number of rotatable bonds is 6. The third-order valence-electron chi connectivity index (χ3n) is 1.63. The molecule has 0 radical (unpaired) electrons. The highest BCUT2D eigenvalue weighted by Gasteiger charge is 2.10. The van der Waals surface area contributed by atoms with Crippen LogP contribution in [-0.4, -0.2) is 21.6 Å². The van der Waals surface area contributed by atoms with E-state index in [-0.39, 0.29) is 0 Å². The number of carboxylic acids is 1. The van der Waals surface area contributed by atoms with Gasteiger partial charge in [-0.25, -0.2) is 0 Å². The fraction of sp³-hybridized carbons (Fsp3) is 0.875. The topological polar surface area (TPSA) is 37.3 Å². The molecule has 0 spiro atoms. The molecule has 0 rings (SSSR count). The zero-order valence-corrected chi connectivity index (χ0v) is 9.02. The second-order valence-corrected chi connectivity index (χ2v) is 4.49. The lowest BCUT2D eigenvalue weighted by molar-refractivity contribution is -0.136. The van der Waals surface area contributed by atoms with Gasteiger partial charge >= 0.3 is 5.97 Å². The second kappa shape index (κ2) is 6.66. The van der Waals surface area contributed by atoms with Crippen molar-refractivity contribution < 1.29 is 9.90 Å². The average molecular weight is 208 g/mol. The van der Waals surface area contributed by atoms with E-state index >= 15 is 0 Å². The lowest BCUT2D eigenvalue weighted by atomic mass is 10.1. The lowest BCUT2D eigenvalue weighted by Crippen LogP contribution is -2.12. The van der Waals surface area contributed by atoms with Gasteiger partial charge < -0.3 is 5.11 Å². The molecule has 0 aliphatic rings. The van der Waals surface area contributed by atoms with Gasteiger partial charge in [-0.3, -0.25) is 4.79 Å². The van der Waals surface area contributed by atoms with E-state index in [1.165, 1.54) is 0 Å². The van der Waals surface area contributed by atoms with Crippen LogP contribution in [0.15, 0.2) is 0 Å². The van der Waals surface area contributed by atoms with Crippen LogP contribution in [0.4, 0.5) is 0 Å². The number of carboxylic acid groups (broad SMARTS) is 1. The highest BCUT2D eigenvalue weighted by Crippen LogP contribution is 2.11. The molecular formula is C8H16O2S2. The quantitative estimate of drug-likeness (QED) is 0.462. The molecule has 1 N–H and O–H groups in total. The molecule has 4 heteroatoms. The molecule has 72 valence electrons. The first-order valence-electron chi connectivity index (χ1n) is 4.13. The smallest absolute Gasteiger partial charge is 0.316 e. The summed E-state index contributed by atoms with van der Waals surface area (Å²) in [7, 11) is 0. The van der Waals surface area contributed by atoms with Crippen molar-refractivity contribution in [1.29, 1.82) is 0 Å². The zero-order chi connectivity index (χ0) is 9.56. The molecule has 0 saturated carbocycles. The fourth-order valence-corrected chi connectivity index (χ4v) is 1.27. The summed E-state index contributed by atoms with van der Waals surface area (Å²) in [5.41, 5.74) is 0. The van der Waals surface area contributed by atoms with E-state index in [1.54, 1.807) is 0 Å². The second-order valence-electron chi connectivity index (χ2n) is 2.99. The Morgan fingerprint density at radius 1 is 1.33 bits per heavy atom. The highest BCUT2D eigenvalue weighted by molar-refractivity contribution is 7.81. The molecule has 0 aromatic carbocycles. The molecule has 0 aliphatic heterocycles. The molecule has 0 amide bonds. The predicted octanol–water partition coefficient (Wildman–Crippen LogP) is 2.25. The van der Waals surface area contributed by atoms with E-state index in [4.69, 9.17) is 5.11 Å². The van der Waals surface area contributed by atoms with Crippen molar-refractivity contribution >= 4 is 31.2 Å². The number of hydrogen-bond donors (Lipinski definition) is 3. The molecule has 0 saturated heterocycles. The SMILES string of the molecule is CC(S)CCCCC(S)C(=O)O. The van der Waals surface area contributed by atoms with Gasteiger partial charge in [0.15, 0.2) is 0 Å². The Bertz CT molecular complexity index is 137. The summed E-state index contributed by atoms with van der Waals surface area (Å²) in [5.74, 6) is -0.822. The average Bonchev–Trinajstić information content (AvgIpc) is 1.97. The minimum Gasteiger partial charge on any atom is -0.480 e. The van der Waals surface area contributed by atoms with Crippen molar-refractivity contribution in [3.05, 3.63) is 0 Å². The molecular weight excluding hydrogens is 192 g/mol. The monoisotopic (exact) mass is 208 g/mol. The lowest BCUT2D eigenvalue weighted by Gasteiger charge is -2.05. The molecule has 0 bridgehead atoms. The summed E-state index contributed by atoms with van der Waals surface area (Å²) >= 11 is 8.16. The van der Waals surface area contributed by atoms with Gasteiger partial charge in [0.05, 0.1) is 5.25 Å². The molecule has 0 aliphatic carbocycles. The Morgan fingerprint density at radius 3 is 2.25 bits per heavy atom. The van der Waals surface area contributed by atoms with E-state index < -0.39 is 11.2 Å². The summed E-state index contributed by atoms with van der Waals surface area (Å²) in [5, 5.41) is 8.41. The van der Waals surface area contributed by atoms with E-state index in [0.29, 0.717) is 11.7 Å². The van der Waals surface area contributed by atoms with Gasteiger partial charge in [0.1, 0.15) is 0 Å². The van der Waals surface area contributed by atoms with Crippen LogP contribution in [0.25, 0.3) is 0 Å². The molecule has 0 fully saturated rings. The van der Waals surface area contributed by atoms with Crippen LogP contribution in [0, 0.1) is 0 Å². The van der Waals surface area contributed by atoms with Crippen LogP contribution in [0.3, 0.4) is 0 Å². The standard InChI is InChI=1S/C8H16O2S2/c1-6(11)4-2-3-5-7(12)8(9)10/h6-7,11-12H,2-5H2,1H3,(H,9,10). The third kappa shape index (κ3) is 6.85. The molecule has 0 aromatic rings. The maximum Gasteiger partial charge on any atom is 0.316 e. The Balaban J connectivity index is 3.25. The summed E-state index contributed by atoms with van der Waals surface area (Å²) < 4.78 is 0. The Hall–Kier alpha value is 0.170. The Morgan fingerprint density at radius 2 is 1.83 bits per heavy atom. The van der Waals surface area contributed by atoms with Crippen LogP contribution in [-0.2, 0) is 4.79 Å². The molecule has 12 heavy (non-hydrogen) atoms. The fourth-order valence-electron chi connectivity index (χ4n) is 0.901. The minimum absolute atomic E-state index is 0.410. The number of thiol groups is 2. The maximum atomic E-state index is 10.3. The van der Waals surface area contributed by atoms with Gasteiger partial charge in [-0.1, -0.05) is 19.8 Å². The van der Waals surface area contributed by atoms with Crippen molar-refractivity contribution in [3.8, 4) is 0 Å². The Kier molecular flexibility index (Phi) is 6.76. The summed E-state index contributed by atoms with van der Waals surface area (Å²) in [4.78, 5) is 10.3. The highest BCUT2D eigenvalue weighted by atomic mass is 32.1. The first kappa shape index (κ1) is 12.2. The van der Waals surface area contributed by atoms with Gasteiger partial charge in [-0.2, -0.15) is 25.3 Å². The van der Waals surface area contributed by atoms with E-state index in [2.05, 4.69) is 25.3 Å². The Labute approximate surface area is 84.6 Å². The third-order valence-corrected chi connectivity index (χ3v) is 2.37. The van der Waals surface area contributed by atoms with Gasteiger partial charge in [-0.05, 0) is 18.1 Å². The van der Waals surface area contributed by atoms with E-state index in [0.717, 1.165) is 19.3 Å².